The molecule has 0 radical (unpaired) electrons. The minimum Gasteiger partial charge on any atom is -0.466 e. The number of rotatable bonds is 5. The number of carbonyl (C=O) groups is 2. The van der Waals surface area contributed by atoms with Crippen molar-refractivity contribution in [3.8, 4) is 0 Å². The number of carbonyl (C=O) groups excluding carboxylic acids is 2. The van der Waals surface area contributed by atoms with Crippen LogP contribution in [0.3, 0.4) is 0 Å². The van der Waals surface area contributed by atoms with Crippen LogP contribution in [0.4, 0.5) is 0 Å². The Bertz CT molecular complexity index is 248. The molecule has 3 heteroatoms. The van der Waals surface area contributed by atoms with Gasteiger partial charge in [0.25, 0.3) is 0 Å². The first-order valence-corrected chi connectivity index (χ1v) is 6.33. The molecule has 1 aliphatic rings. The van der Waals surface area contributed by atoms with E-state index in [0.717, 1.165) is 32.1 Å². The Labute approximate surface area is 97.5 Å². The number of hydrogen-bond acceptors (Lipinski definition) is 3. The Kier molecular flexibility index (Phi) is 5.50. The summed E-state index contributed by atoms with van der Waals surface area (Å²) < 4.78 is 4.87. The zero-order chi connectivity index (χ0) is 12.0. The summed E-state index contributed by atoms with van der Waals surface area (Å²) in [5, 5.41) is 0. The minimum atomic E-state index is -0.114. The van der Waals surface area contributed by atoms with E-state index in [-0.39, 0.29) is 11.9 Å². The van der Waals surface area contributed by atoms with Gasteiger partial charge in [-0.2, -0.15) is 0 Å². The third-order valence-electron chi connectivity index (χ3n) is 3.47. The molecular weight excluding hydrogens is 204 g/mol. The number of Topliss-reactive ketones (excluding diaryl/α,β-unsaturated/α-hetero) is 1. The first-order valence-electron chi connectivity index (χ1n) is 6.33. The molecule has 0 bridgehead atoms. The van der Waals surface area contributed by atoms with Crippen molar-refractivity contribution in [2.45, 2.75) is 52.4 Å². The van der Waals surface area contributed by atoms with Crippen LogP contribution in [-0.2, 0) is 14.3 Å². The van der Waals surface area contributed by atoms with Gasteiger partial charge in [-0.3, -0.25) is 9.59 Å². The van der Waals surface area contributed by atoms with Crippen molar-refractivity contribution in [1.29, 1.82) is 0 Å². The second-order valence-corrected chi connectivity index (χ2v) is 4.60. The van der Waals surface area contributed by atoms with E-state index < -0.39 is 0 Å². The van der Waals surface area contributed by atoms with Crippen LogP contribution in [-0.4, -0.2) is 18.4 Å². The van der Waals surface area contributed by atoms with Crippen LogP contribution in [0.15, 0.2) is 0 Å². The van der Waals surface area contributed by atoms with Gasteiger partial charge < -0.3 is 4.74 Å². The molecule has 0 heterocycles. The van der Waals surface area contributed by atoms with Gasteiger partial charge in [0.05, 0.1) is 6.61 Å². The highest BCUT2D eigenvalue weighted by molar-refractivity contribution is 5.81. The average Bonchev–Trinajstić information content (AvgIpc) is 2.25. The molecule has 1 rings (SSSR count). The lowest BCUT2D eigenvalue weighted by Crippen LogP contribution is -2.26. The van der Waals surface area contributed by atoms with Crippen LogP contribution in [0, 0.1) is 11.8 Å². The van der Waals surface area contributed by atoms with Crippen molar-refractivity contribution >= 4 is 11.8 Å². The topological polar surface area (TPSA) is 43.4 Å². The van der Waals surface area contributed by atoms with Crippen molar-refractivity contribution in [1.82, 2.24) is 0 Å². The van der Waals surface area contributed by atoms with Crippen molar-refractivity contribution in [3.63, 3.8) is 0 Å². The van der Waals surface area contributed by atoms with Crippen molar-refractivity contribution < 1.29 is 14.3 Å². The molecule has 3 nitrogen and oxygen atoms in total. The number of esters is 1. The highest BCUT2D eigenvalue weighted by Gasteiger charge is 2.27. The summed E-state index contributed by atoms with van der Waals surface area (Å²) in [6.45, 7) is 4.30. The Hall–Kier alpha value is -0.860. The molecule has 0 aromatic rings. The zero-order valence-corrected chi connectivity index (χ0v) is 10.3. The molecule has 92 valence electrons. The van der Waals surface area contributed by atoms with Gasteiger partial charge in [0.2, 0.25) is 0 Å². The van der Waals surface area contributed by atoms with Crippen molar-refractivity contribution in [2.24, 2.45) is 11.8 Å². The summed E-state index contributed by atoms with van der Waals surface area (Å²) in [7, 11) is 0. The van der Waals surface area contributed by atoms with E-state index in [1.165, 1.54) is 0 Å². The molecule has 1 saturated carbocycles. The molecule has 16 heavy (non-hydrogen) atoms. The molecule has 0 aromatic heterocycles. The summed E-state index contributed by atoms with van der Waals surface area (Å²) in [5.41, 5.74) is 0. The van der Waals surface area contributed by atoms with E-state index in [2.05, 4.69) is 0 Å². The van der Waals surface area contributed by atoms with E-state index in [0.29, 0.717) is 24.7 Å². The average molecular weight is 226 g/mol. The van der Waals surface area contributed by atoms with Crippen LogP contribution in [0.2, 0.25) is 0 Å². The maximum atomic E-state index is 11.5. The Morgan fingerprint density at radius 3 is 2.94 bits per heavy atom. The molecule has 2 atom stereocenters. The van der Waals surface area contributed by atoms with E-state index >= 15 is 0 Å². The van der Waals surface area contributed by atoms with Gasteiger partial charge in [-0.1, -0.05) is 6.92 Å². The van der Waals surface area contributed by atoms with Crippen LogP contribution < -0.4 is 0 Å². The minimum absolute atomic E-state index is 0.114. The molecule has 0 amide bonds. The Morgan fingerprint density at radius 2 is 2.25 bits per heavy atom. The predicted molar refractivity (Wildman–Crippen MR) is 62.0 cm³/mol. The fraction of sp³-hybridized carbons (Fsp3) is 0.846. The highest BCUT2D eigenvalue weighted by Crippen LogP contribution is 2.30. The fourth-order valence-electron chi connectivity index (χ4n) is 2.42. The van der Waals surface area contributed by atoms with E-state index in [4.69, 9.17) is 4.74 Å². The number of hydrogen-bond donors (Lipinski definition) is 0. The fourth-order valence-corrected chi connectivity index (χ4v) is 2.42. The van der Waals surface area contributed by atoms with Crippen LogP contribution >= 0.6 is 0 Å². The van der Waals surface area contributed by atoms with Crippen LogP contribution in [0.1, 0.15) is 52.4 Å². The lowest BCUT2D eigenvalue weighted by atomic mass is 9.77. The number of ketones is 1. The predicted octanol–water partition coefficient (Wildman–Crippen LogP) is 2.73. The quantitative estimate of drug-likeness (QED) is 0.677. The summed E-state index contributed by atoms with van der Waals surface area (Å²) in [4.78, 5) is 22.7. The van der Waals surface area contributed by atoms with E-state index in [1.54, 1.807) is 0 Å². The molecule has 2 unspecified atom stereocenters. The number of ether oxygens (including phenoxy) is 1. The van der Waals surface area contributed by atoms with Crippen LogP contribution in [0.25, 0.3) is 0 Å². The van der Waals surface area contributed by atoms with E-state index in [1.807, 2.05) is 13.8 Å². The van der Waals surface area contributed by atoms with E-state index in [9.17, 15) is 9.59 Å². The van der Waals surface area contributed by atoms with Crippen LogP contribution in [0.5, 0.6) is 0 Å². The normalized spacial score (nSPS) is 25.5. The van der Waals surface area contributed by atoms with Gasteiger partial charge in [0.1, 0.15) is 5.78 Å². The summed E-state index contributed by atoms with van der Waals surface area (Å²) in [5.74, 6) is 0.955. The van der Waals surface area contributed by atoms with Gasteiger partial charge in [-0.15, -0.1) is 0 Å². The lowest BCUT2D eigenvalue weighted by molar-refractivity contribution is -0.143. The molecule has 1 fully saturated rings. The van der Waals surface area contributed by atoms with Crippen molar-refractivity contribution in [3.05, 3.63) is 0 Å². The van der Waals surface area contributed by atoms with Gasteiger partial charge >= 0.3 is 5.97 Å². The summed E-state index contributed by atoms with van der Waals surface area (Å²) >= 11 is 0. The maximum Gasteiger partial charge on any atom is 0.305 e. The Morgan fingerprint density at radius 1 is 1.50 bits per heavy atom. The first kappa shape index (κ1) is 13.2. The molecule has 1 aliphatic carbocycles. The molecule has 0 aliphatic heterocycles. The zero-order valence-electron chi connectivity index (χ0n) is 10.3. The smallest absolute Gasteiger partial charge is 0.305 e. The molecule has 0 saturated heterocycles. The molecule has 0 spiro atoms. The highest BCUT2D eigenvalue weighted by atomic mass is 16.5. The third-order valence-corrected chi connectivity index (χ3v) is 3.47. The molecule has 0 aromatic carbocycles. The maximum absolute atomic E-state index is 11.5. The first-order chi connectivity index (χ1) is 7.65. The largest absolute Gasteiger partial charge is 0.466 e. The van der Waals surface area contributed by atoms with Gasteiger partial charge in [0, 0.05) is 18.8 Å². The van der Waals surface area contributed by atoms with Gasteiger partial charge in [0.15, 0.2) is 0 Å². The Balaban J connectivity index is 2.21. The van der Waals surface area contributed by atoms with Gasteiger partial charge in [-0.05, 0) is 38.5 Å². The second kappa shape index (κ2) is 6.66. The monoisotopic (exact) mass is 226 g/mol. The van der Waals surface area contributed by atoms with Gasteiger partial charge in [-0.25, -0.2) is 0 Å². The second-order valence-electron chi connectivity index (χ2n) is 4.60. The molecular formula is C13H22O3. The SMILES string of the molecule is CCOC(=O)CCCC1CCCC(=O)C1C. The lowest BCUT2D eigenvalue weighted by Gasteiger charge is -2.27. The molecule has 0 N–H and O–H groups in total. The summed E-state index contributed by atoms with van der Waals surface area (Å²) in [6.07, 6.45) is 5.22. The third kappa shape index (κ3) is 3.95. The summed E-state index contributed by atoms with van der Waals surface area (Å²) in [6, 6.07) is 0. The standard InChI is InChI=1S/C13H22O3/c1-3-16-13(15)9-5-7-11-6-4-8-12(14)10(11)2/h10-11H,3-9H2,1-2H3. The van der Waals surface area contributed by atoms with Crippen molar-refractivity contribution in [2.75, 3.05) is 6.61 Å².